The fourth-order valence-electron chi connectivity index (χ4n) is 1.70. The van der Waals surface area contributed by atoms with Crippen LogP contribution in [0.25, 0.3) is 0 Å². The first-order valence-corrected chi connectivity index (χ1v) is 7.51. The average molecular weight is 360 g/mol. The molecule has 0 heterocycles. The van der Waals surface area contributed by atoms with Crippen molar-refractivity contribution in [3.63, 3.8) is 0 Å². The van der Waals surface area contributed by atoms with Gasteiger partial charge in [0, 0.05) is 9.26 Å². The Morgan fingerprint density at radius 2 is 2.17 bits per heavy atom. The zero-order chi connectivity index (χ0) is 13.4. The highest BCUT2D eigenvalue weighted by Crippen LogP contribution is 2.12. The van der Waals surface area contributed by atoms with E-state index in [1.807, 2.05) is 24.3 Å². The maximum Gasteiger partial charge on any atom is 0.238 e. The van der Waals surface area contributed by atoms with Crippen molar-refractivity contribution in [1.82, 2.24) is 4.90 Å². The van der Waals surface area contributed by atoms with E-state index in [2.05, 4.69) is 46.7 Å². The van der Waals surface area contributed by atoms with Crippen LogP contribution in [0.4, 0.5) is 5.69 Å². The molecule has 0 aliphatic carbocycles. The Kier molecular flexibility index (Phi) is 7.27. The zero-order valence-electron chi connectivity index (χ0n) is 11.1. The molecule has 0 saturated heterocycles. The van der Waals surface area contributed by atoms with E-state index in [4.69, 9.17) is 0 Å². The Hall–Kier alpha value is -0.620. The minimum Gasteiger partial charge on any atom is -0.325 e. The average Bonchev–Trinajstić information content (AvgIpc) is 2.34. The molecule has 0 atom stereocenters. The summed E-state index contributed by atoms with van der Waals surface area (Å²) < 4.78 is 1.13. The number of halogens is 1. The summed E-state index contributed by atoms with van der Waals surface area (Å²) in [4.78, 5) is 14.1. The van der Waals surface area contributed by atoms with Gasteiger partial charge in [0.2, 0.25) is 5.91 Å². The van der Waals surface area contributed by atoms with Crippen LogP contribution in [0.2, 0.25) is 0 Å². The minimum atomic E-state index is 0.0648. The third kappa shape index (κ3) is 5.82. The molecular weight excluding hydrogens is 339 g/mol. The van der Waals surface area contributed by atoms with Crippen LogP contribution >= 0.6 is 22.6 Å². The molecule has 4 heteroatoms. The molecule has 0 aliphatic heterocycles. The van der Waals surface area contributed by atoms with Gasteiger partial charge in [-0.25, -0.2) is 0 Å². The van der Waals surface area contributed by atoms with Crippen molar-refractivity contribution in [2.75, 3.05) is 25.0 Å². The van der Waals surface area contributed by atoms with Crippen molar-refractivity contribution in [3.8, 4) is 0 Å². The second-order valence-electron chi connectivity index (χ2n) is 4.28. The molecule has 0 aromatic heterocycles. The molecule has 1 rings (SSSR count). The number of anilines is 1. The zero-order valence-corrected chi connectivity index (χ0v) is 13.2. The van der Waals surface area contributed by atoms with Gasteiger partial charge in [0.05, 0.1) is 6.54 Å². The smallest absolute Gasteiger partial charge is 0.238 e. The number of amides is 1. The van der Waals surface area contributed by atoms with Crippen LogP contribution in [0, 0.1) is 3.57 Å². The van der Waals surface area contributed by atoms with Crippen molar-refractivity contribution in [2.24, 2.45) is 0 Å². The van der Waals surface area contributed by atoms with Gasteiger partial charge in [-0.05, 0) is 60.3 Å². The van der Waals surface area contributed by atoms with Crippen molar-refractivity contribution in [1.29, 1.82) is 0 Å². The van der Waals surface area contributed by atoms with Gasteiger partial charge >= 0.3 is 0 Å². The van der Waals surface area contributed by atoms with Crippen molar-refractivity contribution in [3.05, 3.63) is 27.8 Å². The van der Waals surface area contributed by atoms with Gasteiger partial charge < -0.3 is 5.32 Å². The van der Waals surface area contributed by atoms with E-state index >= 15 is 0 Å². The lowest BCUT2D eigenvalue weighted by atomic mass is 10.3. The molecule has 1 N–H and O–H groups in total. The highest BCUT2D eigenvalue weighted by atomic mass is 127. The maximum absolute atomic E-state index is 11.9. The summed E-state index contributed by atoms with van der Waals surface area (Å²) in [5.41, 5.74) is 0.874. The fourth-order valence-corrected chi connectivity index (χ4v) is 2.24. The summed E-state index contributed by atoms with van der Waals surface area (Å²) in [6.45, 7) is 6.64. The molecule has 0 spiro atoms. The number of hydrogen-bond donors (Lipinski definition) is 1. The SMILES string of the molecule is CCCCN(CC)CC(=O)Nc1cccc(I)c1. The van der Waals surface area contributed by atoms with Gasteiger partial charge in [-0.3, -0.25) is 9.69 Å². The number of benzene rings is 1. The number of unbranched alkanes of at least 4 members (excludes halogenated alkanes) is 1. The van der Waals surface area contributed by atoms with E-state index in [1.54, 1.807) is 0 Å². The summed E-state index contributed by atoms with van der Waals surface area (Å²) in [5.74, 6) is 0.0648. The standard InChI is InChI=1S/C14H21IN2O/c1-3-5-9-17(4-2)11-14(18)16-13-8-6-7-12(15)10-13/h6-8,10H,3-5,9,11H2,1-2H3,(H,16,18). The highest BCUT2D eigenvalue weighted by Gasteiger charge is 2.08. The molecule has 1 amide bonds. The molecule has 0 saturated carbocycles. The molecule has 18 heavy (non-hydrogen) atoms. The molecule has 1 aromatic carbocycles. The second kappa shape index (κ2) is 8.48. The van der Waals surface area contributed by atoms with Gasteiger partial charge in [0.15, 0.2) is 0 Å². The first kappa shape index (κ1) is 15.4. The van der Waals surface area contributed by atoms with Crippen molar-refractivity contribution >= 4 is 34.2 Å². The van der Waals surface area contributed by atoms with E-state index in [0.717, 1.165) is 35.2 Å². The molecule has 0 radical (unpaired) electrons. The van der Waals surface area contributed by atoms with Gasteiger partial charge in [-0.15, -0.1) is 0 Å². The predicted molar refractivity (Wildman–Crippen MR) is 84.8 cm³/mol. The van der Waals surface area contributed by atoms with Gasteiger partial charge in [-0.2, -0.15) is 0 Å². The summed E-state index contributed by atoms with van der Waals surface area (Å²) in [6, 6.07) is 7.85. The van der Waals surface area contributed by atoms with E-state index in [0.29, 0.717) is 6.54 Å². The lowest BCUT2D eigenvalue weighted by molar-refractivity contribution is -0.117. The monoisotopic (exact) mass is 360 g/mol. The summed E-state index contributed by atoms with van der Waals surface area (Å²) in [5, 5.41) is 2.94. The number of carbonyl (C=O) groups is 1. The second-order valence-corrected chi connectivity index (χ2v) is 5.53. The first-order valence-electron chi connectivity index (χ1n) is 6.43. The van der Waals surface area contributed by atoms with Crippen LogP contribution in [0.1, 0.15) is 26.7 Å². The van der Waals surface area contributed by atoms with Crippen molar-refractivity contribution < 1.29 is 4.79 Å². The van der Waals surface area contributed by atoms with Gasteiger partial charge in [0.25, 0.3) is 0 Å². The first-order chi connectivity index (χ1) is 8.65. The van der Waals surface area contributed by atoms with E-state index < -0.39 is 0 Å². The van der Waals surface area contributed by atoms with Crippen LogP contribution in [0.15, 0.2) is 24.3 Å². The number of nitrogens with zero attached hydrogens (tertiary/aromatic N) is 1. The Labute approximate surface area is 123 Å². The molecule has 0 aliphatic rings. The quantitative estimate of drug-likeness (QED) is 0.757. The highest BCUT2D eigenvalue weighted by molar-refractivity contribution is 14.1. The lowest BCUT2D eigenvalue weighted by Gasteiger charge is -2.19. The Balaban J connectivity index is 2.45. The van der Waals surface area contributed by atoms with Crippen LogP contribution in [-0.4, -0.2) is 30.4 Å². The minimum absolute atomic E-state index is 0.0648. The lowest BCUT2D eigenvalue weighted by Crippen LogP contribution is -2.33. The topological polar surface area (TPSA) is 32.3 Å². The van der Waals surface area contributed by atoms with E-state index in [1.165, 1.54) is 0 Å². The van der Waals surface area contributed by atoms with E-state index in [-0.39, 0.29) is 5.91 Å². The molecule has 1 aromatic rings. The van der Waals surface area contributed by atoms with Crippen LogP contribution in [0.5, 0.6) is 0 Å². The predicted octanol–water partition coefficient (Wildman–Crippen LogP) is 3.35. The third-order valence-corrected chi connectivity index (χ3v) is 3.42. The Morgan fingerprint density at radius 1 is 1.39 bits per heavy atom. The van der Waals surface area contributed by atoms with Crippen molar-refractivity contribution in [2.45, 2.75) is 26.7 Å². The third-order valence-electron chi connectivity index (χ3n) is 2.75. The van der Waals surface area contributed by atoms with Gasteiger partial charge in [-0.1, -0.05) is 26.3 Å². The van der Waals surface area contributed by atoms with Crippen LogP contribution < -0.4 is 5.32 Å². The number of likely N-dealkylation sites (N-methyl/N-ethyl adjacent to an activating group) is 1. The van der Waals surface area contributed by atoms with Crippen LogP contribution in [0.3, 0.4) is 0 Å². The molecular formula is C14H21IN2O. The fraction of sp³-hybridized carbons (Fsp3) is 0.500. The number of carbonyl (C=O) groups excluding carboxylic acids is 1. The largest absolute Gasteiger partial charge is 0.325 e. The Bertz CT molecular complexity index is 382. The van der Waals surface area contributed by atoms with Crippen LogP contribution in [-0.2, 0) is 4.79 Å². The normalized spacial score (nSPS) is 10.7. The number of rotatable bonds is 7. The van der Waals surface area contributed by atoms with E-state index in [9.17, 15) is 4.79 Å². The molecule has 0 unspecified atom stereocenters. The number of nitrogens with one attached hydrogen (secondary N) is 1. The molecule has 0 bridgehead atoms. The molecule has 0 fully saturated rings. The van der Waals surface area contributed by atoms with Gasteiger partial charge in [0.1, 0.15) is 0 Å². The maximum atomic E-state index is 11.9. The number of hydrogen-bond acceptors (Lipinski definition) is 2. The summed E-state index contributed by atoms with van der Waals surface area (Å²) in [7, 11) is 0. The summed E-state index contributed by atoms with van der Waals surface area (Å²) >= 11 is 2.24. The Morgan fingerprint density at radius 3 is 2.78 bits per heavy atom. The summed E-state index contributed by atoms with van der Waals surface area (Å²) in [6.07, 6.45) is 2.30. The molecule has 100 valence electrons. The molecule has 3 nitrogen and oxygen atoms in total.